The molecule has 0 aliphatic carbocycles. The van der Waals surface area contributed by atoms with Gasteiger partial charge in [0.15, 0.2) is 0 Å². The first-order chi connectivity index (χ1) is 15.7. The number of para-hydroxylation sites is 2. The molecule has 5 heteroatoms. The SMILES string of the molecule is CCn1c2ccccc2c2cc(NC(=O)c3cn4c5c(cccc5c3=O)CCC4)ccc21. The lowest BCUT2D eigenvalue weighted by Crippen LogP contribution is -2.25. The van der Waals surface area contributed by atoms with Crippen molar-refractivity contribution in [2.75, 3.05) is 5.32 Å². The van der Waals surface area contributed by atoms with E-state index in [9.17, 15) is 9.59 Å². The molecule has 1 aliphatic heterocycles. The van der Waals surface area contributed by atoms with Crippen molar-refractivity contribution in [1.82, 2.24) is 9.13 Å². The van der Waals surface area contributed by atoms with Crippen LogP contribution in [0.25, 0.3) is 32.7 Å². The standard InChI is InChI=1S/C27H23N3O2/c1-2-30-23-11-4-3-9-19(23)21-15-18(12-13-24(21)30)28-27(32)22-16-29-14-6-8-17-7-5-10-20(25(17)29)26(22)31/h3-5,7,9-13,15-16H,2,6,8,14H2,1H3,(H,28,32). The summed E-state index contributed by atoms with van der Waals surface area (Å²) in [5.41, 5.74) is 5.12. The Morgan fingerprint density at radius 2 is 1.78 bits per heavy atom. The molecule has 1 amide bonds. The third-order valence-corrected chi connectivity index (χ3v) is 6.62. The Labute approximate surface area is 184 Å². The van der Waals surface area contributed by atoms with E-state index in [2.05, 4.69) is 39.6 Å². The van der Waals surface area contributed by atoms with E-state index in [0.29, 0.717) is 11.1 Å². The highest BCUT2D eigenvalue weighted by atomic mass is 16.2. The summed E-state index contributed by atoms with van der Waals surface area (Å²) in [5, 5.41) is 5.84. The minimum Gasteiger partial charge on any atom is -0.346 e. The van der Waals surface area contributed by atoms with E-state index in [1.54, 1.807) is 6.20 Å². The van der Waals surface area contributed by atoms with Crippen LogP contribution in [0.4, 0.5) is 5.69 Å². The zero-order chi connectivity index (χ0) is 21.8. The Morgan fingerprint density at radius 1 is 0.969 bits per heavy atom. The number of benzene rings is 3. The number of carbonyl (C=O) groups excluding carboxylic acids is 1. The number of carbonyl (C=O) groups is 1. The summed E-state index contributed by atoms with van der Waals surface area (Å²) in [6.07, 6.45) is 3.70. The number of amides is 1. The van der Waals surface area contributed by atoms with Crippen molar-refractivity contribution in [3.8, 4) is 0 Å². The summed E-state index contributed by atoms with van der Waals surface area (Å²) >= 11 is 0. The highest BCUT2D eigenvalue weighted by Crippen LogP contribution is 2.31. The summed E-state index contributed by atoms with van der Waals surface area (Å²) in [6.45, 7) is 3.82. The fraction of sp³-hybridized carbons (Fsp3) is 0.185. The molecule has 158 valence electrons. The number of pyridine rings is 1. The summed E-state index contributed by atoms with van der Waals surface area (Å²) in [5.74, 6) is -0.366. The quantitative estimate of drug-likeness (QED) is 0.428. The lowest BCUT2D eigenvalue weighted by atomic mass is 9.99. The highest BCUT2D eigenvalue weighted by molar-refractivity contribution is 6.11. The van der Waals surface area contributed by atoms with E-state index in [1.165, 1.54) is 11.1 Å². The number of aryl methyl sites for hydroxylation is 3. The number of rotatable bonds is 3. The van der Waals surface area contributed by atoms with Crippen LogP contribution in [-0.4, -0.2) is 15.0 Å². The van der Waals surface area contributed by atoms with Gasteiger partial charge in [-0.15, -0.1) is 0 Å². The van der Waals surface area contributed by atoms with Crippen LogP contribution in [0.5, 0.6) is 0 Å². The molecule has 2 aromatic heterocycles. The maximum Gasteiger partial charge on any atom is 0.261 e. The second-order valence-electron chi connectivity index (χ2n) is 8.43. The van der Waals surface area contributed by atoms with Gasteiger partial charge in [-0.2, -0.15) is 0 Å². The molecule has 3 aromatic carbocycles. The maximum absolute atomic E-state index is 13.2. The van der Waals surface area contributed by atoms with Gasteiger partial charge in [-0.05, 0) is 55.7 Å². The molecule has 3 heterocycles. The number of aromatic nitrogens is 2. The normalized spacial score (nSPS) is 13.2. The molecular weight excluding hydrogens is 398 g/mol. The zero-order valence-corrected chi connectivity index (χ0v) is 17.9. The number of nitrogens with zero attached hydrogens (tertiary/aromatic N) is 2. The third kappa shape index (κ3) is 2.71. The van der Waals surface area contributed by atoms with Crippen molar-refractivity contribution < 1.29 is 4.79 Å². The Morgan fingerprint density at radius 3 is 2.66 bits per heavy atom. The third-order valence-electron chi connectivity index (χ3n) is 6.62. The molecular formula is C27H23N3O2. The second kappa shape index (κ2) is 7.09. The smallest absolute Gasteiger partial charge is 0.261 e. The van der Waals surface area contributed by atoms with Gasteiger partial charge >= 0.3 is 0 Å². The van der Waals surface area contributed by atoms with Crippen LogP contribution >= 0.6 is 0 Å². The van der Waals surface area contributed by atoms with Crippen LogP contribution in [0.2, 0.25) is 0 Å². The molecule has 5 aromatic rings. The molecule has 0 fully saturated rings. The first kappa shape index (κ1) is 18.9. The first-order valence-electron chi connectivity index (χ1n) is 11.1. The summed E-state index contributed by atoms with van der Waals surface area (Å²) in [4.78, 5) is 26.3. The Balaban J connectivity index is 1.44. The van der Waals surface area contributed by atoms with E-state index in [4.69, 9.17) is 0 Å². The molecule has 0 spiro atoms. The van der Waals surface area contributed by atoms with Crippen LogP contribution in [0.15, 0.2) is 71.7 Å². The molecule has 5 nitrogen and oxygen atoms in total. The predicted octanol–water partition coefficient (Wildman–Crippen LogP) is 5.33. The number of nitrogens with one attached hydrogen (secondary N) is 1. The number of hydrogen-bond acceptors (Lipinski definition) is 2. The number of anilines is 1. The molecule has 0 saturated carbocycles. The van der Waals surface area contributed by atoms with Crippen molar-refractivity contribution in [2.24, 2.45) is 0 Å². The van der Waals surface area contributed by atoms with Gasteiger partial charge in [-0.3, -0.25) is 9.59 Å². The van der Waals surface area contributed by atoms with Crippen LogP contribution in [-0.2, 0) is 19.5 Å². The topological polar surface area (TPSA) is 56.0 Å². The largest absolute Gasteiger partial charge is 0.346 e. The van der Waals surface area contributed by atoms with E-state index in [0.717, 1.165) is 47.7 Å². The molecule has 0 radical (unpaired) electrons. The number of fused-ring (bicyclic) bond motifs is 3. The Hall–Kier alpha value is -3.86. The fourth-order valence-electron chi connectivity index (χ4n) is 5.19. The van der Waals surface area contributed by atoms with Crippen LogP contribution in [0.1, 0.15) is 29.3 Å². The van der Waals surface area contributed by atoms with Crippen LogP contribution in [0, 0.1) is 0 Å². The molecule has 0 bridgehead atoms. The van der Waals surface area contributed by atoms with Crippen LogP contribution in [0.3, 0.4) is 0 Å². The molecule has 0 atom stereocenters. The van der Waals surface area contributed by atoms with E-state index < -0.39 is 0 Å². The molecule has 0 saturated heterocycles. The first-order valence-corrected chi connectivity index (χ1v) is 11.1. The average Bonchev–Trinajstić information content (AvgIpc) is 3.14. The molecule has 6 rings (SSSR count). The minimum atomic E-state index is -0.366. The second-order valence-corrected chi connectivity index (χ2v) is 8.43. The number of hydrogen-bond donors (Lipinski definition) is 1. The van der Waals surface area contributed by atoms with Gasteiger partial charge in [0, 0.05) is 52.2 Å². The van der Waals surface area contributed by atoms with Gasteiger partial charge in [0.1, 0.15) is 5.56 Å². The molecule has 1 N–H and O–H groups in total. The van der Waals surface area contributed by atoms with Gasteiger partial charge in [0.2, 0.25) is 5.43 Å². The maximum atomic E-state index is 13.2. The van der Waals surface area contributed by atoms with Gasteiger partial charge in [-0.25, -0.2) is 0 Å². The van der Waals surface area contributed by atoms with Gasteiger partial charge in [0.05, 0.1) is 5.52 Å². The average molecular weight is 422 g/mol. The predicted molar refractivity (Wildman–Crippen MR) is 130 cm³/mol. The van der Waals surface area contributed by atoms with Crippen molar-refractivity contribution in [3.05, 3.63) is 88.2 Å². The highest BCUT2D eigenvalue weighted by Gasteiger charge is 2.20. The lowest BCUT2D eigenvalue weighted by molar-refractivity contribution is 0.102. The van der Waals surface area contributed by atoms with E-state index in [-0.39, 0.29) is 16.9 Å². The van der Waals surface area contributed by atoms with Gasteiger partial charge < -0.3 is 14.5 Å². The molecule has 0 unspecified atom stereocenters. The van der Waals surface area contributed by atoms with E-state index >= 15 is 0 Å². The summed E-state index contributed by atoms with van der Waals surface area (Å²) in [7, 11) is 0. The van der Waals surface area contributed by atoms with Crippen LogP contribution < -0.4 is 10.7 Å². The summed E-state index contributed by atoms with van der Waals surface area (Å²) < 4.78 is 4.33. The fourth-order valence-corrected chi connectivity index (χ4v) is 5.19. The van der Waals surface area contributed by atoms with Crippen molar-refractivity contribution in [1.29, 1.82) is 0 Å². The molecule has 32 heavy (non-hydrogen) atoms. The van der Waals surface area contributed by atoms with E-state index in [1.807, 2.05) is 42.5 Å². The lowest BCUT2D eigenvalue weighted by Gasteiger charge is -2.20. The molecule has 1 aliphatic rings. The van der Waals surface area contributed by atoms with Crippen molar-refractivity contribution in [2.45, 2.75) is 32.9 Å². The van der Waals surface area contributed by atoms with Gasteiger partial charge in [0.25, 0.3) is 5.91 Å². The van der Waals surface area contributed by atoms with Crippen molar-refractivity contribution >= 4 is 44.3 Å². The Kier molecular flexibility index (Phi) is 4.18. The monoisotopic (exact) mass is 421 g/mol. The zero-order valence-electron chi connectivity index (χ0n) is 17.9. The Bertz CT molecular complexity index is 1610. The summed E-state index contributed by atoms with van der Waals surface area (Å²) in [6, 6.07) is 20.1. The van der Waals surface area contributed by atoms with Gasteiger partial charge in [-0.1, -0.05) is 30.3 Å². The van der Waals surface area contributed by atoms with Crippen molar-refractivity contribution in [3.63, 3.8) is 0 Å². The minimum absolute atomic E-state index is 0.188.